The van der Waals surface area contributed by atoms with Crippen LogP contribution in [-0.2, 0) is 6.54 Å². The molecule has 8 heteroatoms. The van der Waals surface area contributed by atoms with Gasteiger partial charge < -0.3 is 10.2 Å². The fourth-order valence-electron chi connectivity index (χ4n) is 2.67. The summed E-state index contributed by atoms with van der Waals surface area (Å²) in [7, 11) is 0. The van der Waals surface area contributed by atoms with E-state index in [1.807, 2.05) is 24.6 Å². The molecule has 0 aromatic carbocycles. The molecule has 1 fully saturated rings. The van der Waals surface area contributed by atoms with E-state index in [9.17, 15) is 0 Å². The Morgan fingerprint density at radius 1 is 1.32 bits per heavy atom. The number of nitrogens with zero attached hydrogens (tertiary/aromatic N) is 6. The summed E-state index contributed by atoms with van der Waals surface area (Å²) in [6.45, 7) is 5.84. The van der Waals surface area contributed by atoms with Gasteiger partial charge in [0.1, 0.15) is 5.82 Å². The molecular formula is C14H17N7S. The van der Waals surface area contributed by atoms with Crippen LogP contribution in [0.3, 0.4) is 0 Å². The van der Waals surface area contributed by atoms with Crippen LogP contribution in [0.5, 0.6) is 0 Å². The summed E-state index contributed by atoms with van der Waals surface area (Å²) in [5.74, 6) is 2.48. The molecule has 7 nitrogen and oxygen atoms in total. The largest absolute Gasteiger partial charge is 0.354 e. The van der Waals surface area contributed by atoms with Gasteiger partial charge in [-0.2, -0.15) is 4.52 Å². The summed E-state index contributed by atoms with van der Waals surface area (Å²) in [5, 5.41) is 18.2. The third-order valence-electron chi connectivity index (χ3n) is 3.91. The number of aryl methyl sites for hydroxylation is 1. The molecule has 4 rings (SSSR count). The molecule has 4 heterocycles. The molecule has 22 heavy (non-hydrogen) atoms. The molecule has 114 valence electrons. The summed E-state index contributed by atoms with van der Waals surface area (Å²) in [5.41, 5.74) is 3.79. The minimum Gasteiger partial charge on any atom is -0.354 e. The van der Waals surface area contributed by atoms with Crippen LogP contribution >= 0.6 is 11.3 Å². The third-order valence-corrected chi connectivity index (χ3v) is 4.54. The van der Waals surface area contributed by atoms with Gasteiger partial charge in [-0.15, -0.1) is 26.6 Å². The molecule has 0 amide bonds. The molecule has 0 aliphatic carbocycles. The van der Waals surface area contributed by atoms with E-state index in [4.69, 9.17) is 0 Å². The average Bonchev–Trinajstić information content (AvgIpc) is 3.12. The van der Waals surface area contributed by atoms with Crippen LogP contribution in [-0.4, -0.2) is 44.4 Å². The molecule has 0 atom stereocenters. The second-order valence-electron chi connectivity index (χ2n) is 5.59. The first-order valence-electron chi connectivity index (χ1n) is 7.31. The van der Waals surface area contributed by atoms with Crippen molar-refractivity contribution in [2.45, 2.75) is 13.5 Å². The first-order chi connectivity index (χ1) is 10.8. The van der Waals surface area contributed by atoms with Crippen molar-refractivity contribution in [1.29, 1.82) is 0 Å². The van der Waals surface area contributed by atoms with Gasteiger partial charge in [-0.05, 0) is 19.1 Å². The van der Waals surface area contributed by atoms with Crippen molar-refractivity contribution < 1.29 is 0 Å². The first kappa shape index (κ1) is 13.6. The molecule has 0 unspecified atom stereocenters. The topological polar surface area (TPSA) is 71.2 Å². The van der Waals surface area contributed by atoms with E-state index in [1.165, 1.54) is 0 Å². The Morgan fingerprint density at radius 2 is 2.23 bits per heavy atom. The van der Waals surface area contributed by atoms with Crippen LogP contribution in [0.2, 0.25) is 0 Å². The van der Waals surface area contributed by atoms with E-state index in [1.54, 1.807) is 15.9 Å². The molecule has 1 aliphatic heterocycles. The minimum atomic E-state index is 0.665. The van der Waals surface area contributed by atoms with Crippen LogP contribution in [0.15, 0.2) is 23.0 Å². The predicted molar refractivity (Wildman–Crippen MR) is 85.0 cm³/mol. The Hall–Kier alpha value is -2.06. The SMILES string of the molecule is Cc1nnc2ccc(N3CC(CNCc4cscn4)C3)nn12. The predicted octanol–water partition coefficient (Wildman–Crippen LogP) is 1.12. The van der Waals surface area contributed by atoms with Crippen molar-refractivity contribution in [2.24, 2.45) is 5.92 Å². The molecule has 0 radical (unpaired) electrons. The van der Waals surface area contributed by atoms with Gasteiger partial charge in [-0.3, -0.25) is 0 Å². The van der Waals surface area contributed by atoms with Crippen LogP contribution in [0, 0.1) is 12.8 Å². The van der Waals surface area contributed by atoms with Crippen LogP contribution in [0.1, 0.15) is 11.5 Å². The highest BCUT2D eigenvalue weighted by Gasteiger charge is 2.27. The Kier molecular flexibility index (Phi) is 3.47. The Labute approximate surface area is 132 Å². The van der Waals surface area contributed by atoms with Crippen LogP contribution in [0.4, 0.5) is 5.82 Å². The van der Waals surface area contributed by atoms with E-state index < -0.39 is 0 Å². The van der Waals surface area contributed by atoms with Crippen molar-refractivity contribution >= 4 is 22.8 Å². The highest BCUT2D eigenvalue weighted by atomic mass is 32.1. The molecular weight excluding hydrogens is 298 g/mol. The van der Waals surface area contributed by atoms with Gasteiger partial charge in [-0.25, -0.2) is 4.98 Å². The molecule has 3 aromatic rings. The van der Waals surface area contributed by atoms with Gasteiger partial charge in [-0.1, -0.05) is 0 Å². The molecule has 0 bridgehead atoms. The summed E-state index contributed by atoms with van der Waals surface area (Å²) in [6, 6.07) is 3.98. The number of anilines is 1. The highest BCUT2D eigenvalue weighted by Crippen LogP contribution is 2.22. The lowest BCUT2D eigenvalue weighted by Crippen LogP contribution is -2.51. The zero-order chi connectivity index (χ0) is 14.9. The van der Waals surface area contributed by atoms with Crippen molar-refractivity contribution in [3.05, 3.63) is 34.5 Å². The van der Waals surface area contributed by atoms with Gasteiger partial charge >= 0.3 is 0 Å². The molecule has 1 saturated heterocycles. The average molecular weight is 315 g/mol. The van der Waals surface area contributed by atoms with Gasteiger partial charge in [0.25, 0.3) is 0 Å². The maximum atomic E-state index is 4.60. The minimum absolute atomic E-state index is 0.665. The van der Waals surface area contributed by atoms with Crippen molar-refractivity contribution in [2.75, 3.05) is 24.5 Å². The molecule has 1 aliphatic rings. The van der Waals surface area contributed by atoms with E-state index >= 15 is 0 Å². The maximum absolute atomic E-state index is 4.60. The standard InChI is InChI=1S/C14H17N7S/c1-10-17-18-13-2-3-14(19-21(10)13)20-6-11(7-20)4-15-5-12-8-22-9-16-12/h2-3,8-9,11,15H,4-7H2,1H3. The van der Waals surface area contributed by atoms with E-state index in [-0.39, 0.29) is 0 Å². The van der Waals surface area contributed by atoms with Crippen molar-refractivity contribution in [3.63, 3.8) is 0 Å². The number of fused-ring (bicyclic) bond motifs is 1. The molecule has 3 aromatic heterocycles. The van der Waals surface area contributed by atoms with Gasteiger partial charge in [0.15, 0.2) is 11.5 Å². The first-order valence-corrected chi connectivity index (χ1v) is 8.25. The summed E-state index contributed by atoms with van der Waals surface area (Å²) in [4.78, 5) is 6.56. The number of hydrogen-bond donors (Lipinski definition) is 1. The normalized spacial score (nSPS) is 15.4. The second kappa shape index (κ2) is 5.62. The summed E-state index contributed by atoms with van der Waals surface area (Å²) >= 11 is 1.64. The number of hydrogen-bond acceptors (Lipinski definition) is 7. The Balaban J connectivity index is 1.31. The van der Waals surface area contributed by atoms with Gasteiger partial charge in [0.05, 0.1) is 11.2 Å². The lowest BCUT2D eigenvalue weighted by Gasteiger charge is -2.40. The lowest BCUT2D eigenvalue weighted by atomic mass is 10.0. The maximum Gasteiger partial charge on any atom is 0.178 e. The van der Waals surface area contributed by atoms with Gasteiger partial charge in [0, 0.05) is 37.5 Å². The number of aromatic nitrogens is 5. The zero-order valence-corrected chi connectivity index (χ0v) is 13.1. The Morgan fingerprint density at radius 3 is 3.05 bits per heavy atom. The van der Waals surface area contributed by atoms with Crippen LogP contribution in [0.25, 0.3) is 5.65 Å². The van der Waals surface area contributed by atoms with Crippen LogP contribution < -0.4 is 10.2 Å². The number of nitrogens with one attached hydrogen (secondary N) is 1. The zero-order valence-electron chi connectivity index (χ0n) is 12.3. The smallest absolute Gasteiger partial charge is 0.178 e. The van der Waals surface area contributed by atoms with Crippen molar-refractivity contribution in [3.8, 4) is 0 Å². The second-order valence-corrected chi connectivity index (χ2v) is 6.31. The molecule has 0 saturated carbocycles. The summed E-state index contributed by atoms with van der Waals surface area (Å²) in [6.07, 6.45) is 0. The quantitative estimate of drug-likeness (QED) is 0.761. The summed E-state index contributed by atoms with van der Waals surface area (Å²) < 4.78 is 1.79. The Bertz CT molecular complexity index is 761. The monoisotopic (exact) mass is 315 g/mol. The number of thiazole rings is 1. The van der Waals surface area contributed by atoms with E-state index in [0.29, 0.717) is 5.92 Å². The fourth-order valence-corrected chi connectivity index (χ4v) is 3.23. The van der Waals surface area contributed by atoms with Crippen molar-refractivity contribution in [1.82, 2.24) is 30.1 Å². The number of rotatable bonds is 5. The highest BCUT2D eigenvalue weighted by molar-refractivity contribution is 7.07. The van der Waals surface area contributed by atoms with E-state index in [0.717, 1.165) is 49.2 Å². The molecule has 1 N–H and O–H groups in total. The lowest BCUT2D eigenvalue weighted by molar-refractivity contribution is 0.380. The molecule has 0 spiro atoms. The fraction of sp³-hybridized carbons (Fsp3) is 0.429. The third kappa shape index (κ3) is 2.55. The van der Waals surface area contributed by atoms with E-state index in [2.05, 4.69) is 35.9 Å². The van der Waals surface area contributed by atoms with Gasteiger partial charge in [0.2, 0.25) is 0 Å².